The van der Waals surface area contributed by atoms with Crippen LogP contribution in [0.1, 0.15) is 19.4 Å². The highest BCUT2D eigenvalue weighted by atomic mass is 19.1. The molecule has 0 aliphatic rings. The second-order valence-electron chi connectivity index (χ2n) is 5.03. The maximum Gasteiger partial charge on any atom is 0.242 e. The van der Waals surface area contributed by atoms with Crippen LogP contribution in [0.25, 0.3) is 0 Å². The molecule has 1 aromatic heterocycles. The Morgan fingerprint density at radius 3 is 2.67 bits per heavy atom. The zero-order valence-electron chi connectivity index (χ0n) is 12.4. The van der Waals surface area contributed by atoms with Crippen molar-refractivity contribution in [3.8, 4) is 5.88 Å². The first-order valence-electron chi connectivity index (χ1n) is 6.70. The third-order valence-electron chi connectivity index (χ3n) is 2.90. The first-order valence-corrected chi connectivity index (χ1v) is 6.70. The molecule has 0 spiro atoms. The van der Waals surface area contributed by atoms with Crippen LogP contribution in [0.15, 0.2) is 30.6 Å². The second-order valence-corrected chi connectivity index (χ2v) is 5.03. The number of benzene rings is 1. The van der Waals surface area contributed by atoms with Crippen LogP contribution in [0.5, 0.6) is 5.88 Å². The van der Waals surface area contributed by atoms with Crippen molar-refractivity contribution in [2.75, 3.05) is 17.7 Å². The number of nitrogens with zero attached hydrogens (tertiary/aromatic N) is 3. The van der Waals surface area contributed by atoms with Crippen molar-refractivity contribution in [3.63, 3.8) is 0 Å². The molecule has 0 saturated heterocycles. The number of hydrogen-bond donors (Lipinski definition) is 1. The molecular weight excluding hydrogens is 271 g/mol. The molecule has 112 valence electrons. The quantitative estimate of drug-likeness (QED) is 0.917. The molecule has 1 heterocycles. The largest absolute Gasteiger partial charge is 0.473 e. The molecular formula is C15H19FN4O. The summed E-state index contributed by atoms with van der Waals surface area (Å²) < 4.78 is 19.2. The van der Waals surface area contributed by atoms with Crippen LogP contribution in [0.2, 0.25) is 0 Å². The average molecular weight is 290 g/mol. The van der Waals surface area contributed by atoms with E-state index in [1.54, 1.807) is 30.1 Å². The molecule has 0 aliphatic heterocycles. The lowest BCUT2D eigenvalue weighted by Crippen LogP contribution is -2.21. The number of anilines is 2. The maximum atomic E-state index is 13.7. The zero-order chi connectivity index (χ0) is 15.4. The van der Waals surface area contributed by atoms with Crippen molar-refractivity contribution in [3.05, 3.63) is 42.0 Å². The van der Waals surface area contributed by atoms with Crippen molar-refractivity contribution in [1.82, 2.24) is 9.97 Å². The van der Waals surface area contributed by atoms with Crippen LogP contribution in [-0.2, 0) is 6.54 Å². The molecule has 0 unspecified atom stereocenters. The van der Waals surface area contributed by atoms with Crippen LogP contribution in [-0.4, -0.2) is 23.1 Å². The van der Waals surface area contributed by atoms with Crippen molar-refractivity contribution in [2.24, 2.45) is 0 Å². The first kappa shape index (κ1) is 15.0. The van der Waals surface area contributed by atoms with Gasteiger partial charge in [-0.05, 0) is 19.9 Å². The van der Waals surface area contributed by atoms with Gasteiger partial charge in [-0.25, -0.2) is 9.37 Å². The highest BCUT2D eigenvalue weighted by molar-refractivity contribution is 5.67. The molecule has 0 radical (unpaired) electrons. The number of nitrogen functional groups attached to an aromatic ring is 1. The molecule has 2 N–H and O–H groups in total. The minimum Gasteiger partial charge on any atom is -0.473 e. The van der Waals surface area contributed by atoms with E-state index in [9.17, 15) is 4.39 Å². The van der Waals surface area contributed by atoms with E-state index in [1.165, 1.54) is 12.4 Å². The Kier molecular flexibility index (Phi) is 4.57. The molecule has 0 bridgehead atoms. The lowest BCUT2D eigenvalue weighted by molar-refractivity contribution is 0.234. The van der Waals surface area contributed by atoms with Gasteiger partial charge in [-0.2, -0.15) is 4.98 Å². The number of rotatable bonds is 5. The summed E-state index contributed by atoms with van der Waals surface area (Å²) in [6, 6.07) is 6.61. The Morgan fingerprint density at radius 1 is 1.29 bits per heavy atom. The Bertz CT molecular complexity index is 618. The summed E-state index contributed by atoms with van der Waals surface area (Å²) >= 11 is 0. The van der Waals surface area contributed by atoms with Gasteiger partial charge >= 0.3 is 0 Å². The Balaban J connectivity index is 2.23. The van der Waals surface area contributed by atoms with Gasteiger partial charge in [0.2, 0.25) is 5.88 Å². The van der Waals surface area contributed by atoms with Gasteiger partial charge < -0.3 is 15.4 Å². The SMILES string of the molecule is CC(C)Oc1ncnc(N(C)Cc2ccccc2F)c1N. The van der Waals surface area contributed by atoms with Crippen LogP contribution in [0, 0.1) is 5.82 Å². The van der Waals surface area contributed by atoms with E-state index in [2.05, 4.69) is 9.97 Å². The number of halogens is 1. The zero-order valence-corrected chi connectivity index (χ0v) is 12.4. The fourth-order valence-electron chi connectivity index (χ4n) is 1.95. The topological polar surface area (TPSA) is 64.3 Å². The van der Waals surface area contributed by atoms with Gasteiger partial charge in [0.25, 0.3) is 0 Å². The number of aromatic nitrogens is 2. The third-order valence-corrected chi connectivity index (χ3v) is 2.90. The van der Waals surface area contributed by atoms with Crippen LogP contribution in [0.3, 0.4) is 0 Å². The van der Waals surface area contributed by atoms with E-state index in [-0.39, 0.29) is 11.9 Å². The van der Waals surface area contributed by atoms with Gasteiger partial charge in [0.1, 0.15) is 17.8 Å². The predicted molar refractivity (Wildman–Crippen MR) is 80.7 cm³/mol. The van der Waals surface area contributed by atoms with Gasteiger partial charge in [-0.15, -0.1) is 0 Å². The summed E-state index contributed by atoms with van der Waals surface area (Å²) in [4.78, 5) is 9.95. The van der Waals surface area contributed by atoms with Gasteiger partial charge in [0.05, 0.1) is 6.10 Å². The third kappa shape index (κ3) is 3.59. The van der Waals surface area contributed by atoms with E-state index >= 15 is 0 Å². The van der Waals surface area contributed by atoms with E-state index in [0.29, 0.717) is 29.5 Å². The van der Waals surface area contributed by atoms with Gasteiger partial charge in [0, 0.05) is 19.2 Å². The second kappa shape index (κ2) is 6.39. The van der Waals surface area contributed by atoms with Crippen molar-refractivity contribution >= 4 is 11.5 Å². The highest BCUT2D eigenvalue weighted by Crippen LogP contribution is 2.28. The first-order chi connectivity index (χ1) is 9.99. The van der Waals surface area contributed by atoms with E-state index < -0.39 is 0 Å². The van der Waals surface area contributed by atoms with Crippen LogP contribution >= 0.6 is 0 Å². The molecule has 1 aromatic carbocycles. The molecule has 0 atom stereocenters. The Morgan fingerprint density at radius 2 is 2.00 bits per heavy atom. The number of ether oxygens (including phenoxy) is 1. The minimum absolute atomic E-state index is 0.0353. The molecule has 0 saturated carbocycles. The van der Waals surface area contributed by atoms with Crippen molar-refractivity contribution < 1.29 is 9.13 Å². The molecule has 0 amide bonds. The maximum absolute atomic E-state index is 13.7. The van der Waals surface area contributed by atoms with Crippen molar-refractivity contribution in [2.45, 2.75) is 26.5 Å². The van der Waals surface area contributed by atoms with Gasteiger partial charge in [-0.1, -0.05) is 18.2 Å². The molecule has 2 rings (SSSR count). The fourth-order valence-corrected chi connectivity index (χ4v) is 1.95. The normalized spacial score (nSPS) is 10.7. The summed E-state index contributed by atoms with van der Waals surface area (Å²) in [5, 5.41) is 0. The molecule has 0 aliphatic carbocycles. The molecule has 0 fully saturated rings. The predicted octanol–water partition coefficient (Wildman–Crippen LogP) is 2.62. The lowest BCUT2D eigenvalue weighted by atomic mass is 10.2. The summed E-state index contributed by atoms with van der Waals surface area (Å²) in [6.07, 6.45) is 1.35. The standard InChI is InChI=1S/C15H19FN4O/c1-10(2)21-15-13(17)14(18-9-19-15)20(3)8-11-6-4-5-7-12(11)16/h4-7,9-10H,8,17H2,1-3H3. The fraction of sp³-hybridized carbons (Fsp3) is 0.333. The van der Waals surface area contributed by atoms with Crippen LogP contribution < -0.4 is 15.4 Å². The van der Waals surface area contributed by atoms with Gasteiger partial charge in [-0.3, -0.25) is 0 Å². The van der Waals surface area contributed by atoms with Crippen molar-refractivity contribution in [1.29, 1.82) is 0 Å². The Hall–Kier alpha value is -2.37. The highest BCUT2D eigenvalue weighted by Gasteiger charge is 2.15. The molecule has 6 heteroatoms. The molecule has 5 nitrogen and oxygen atoms in total. The minimum atomic E-state index is -0.254. The summed E-state index contributed by atoms with van der Waals surface area (Å²) in [5.74, 6) is 0.606. The monoisotopic (exact) mass is 290 g/mol. The van der Waals surface area contributed by atoms with Crippen LogP contribution in [0.4, 0.5) is 15.9 Å². The lowest BCUT2D eigenvalue weighted by Gasteiger charge is -2.21. The van der Waals surface area contributed by atoms with Gasteiger partial charge in [0.15, 0.2) is 5.82 Å². The van der Waals surface area contributed by atoms with E-state index in [4.69, 9.17) is 10.5 Å². The average Bonchev–Trinajstić information content (AvgIpc) is 2.43. The summed E-state index contributed by atoms with van der Waals surface area (Å²) in [7, 11) is 1.80. The van der Waals surface area contributed by atoms with E-state index in [1.807, 2.05) is 13.8 Å². The Labute approximate surface area is 123 Å². The number of hydrogen-bond acceptors (Lipinski definition) is 5. The molecule has 2 aromatic rings. The number of nitrogens with two attached hydrogens (primary N) is 1. The smallest absolute Gasteiger partial charge is 0.242 e. The molecule has 21 heavy (non-hydrogen) atoms. The summed E-state index contributed by atoms with van der Waals surface area (Å²) in [5.41, 5.74) is 6.96. The summed E-state index contributed by atoms with van der Waals surface area (Å²) in [6.45, 7) is 4.14. The van der Waals surface area contributed by atoms with E-state index in [0.717, 1.165) is 0 Å².